The van der Waals surface area contributed by atoms with Crippen molar-refractivity contribution in [2.24, 2.45) is 5.92 Å². The second kappa shape index (κ2) is 17.1. The van der Waals surface area contributed by atoms with Gasteiger partial charge in [0.1, 0.15) is 17.1 Å². The molecule has 0 aromatic heterocycles. The highest BCUT2D eigenvalue weighted by atomic mass is 16.6. The number of aliphatic carboxylic acids is 1. The Morgan fingerprint density at radius 3 is 1.42 bits per heavy atom. The van der Waals surface area contributed by atoms with Gasteiger partial charge in [0, 0.05) is 18.5 Å². The summed E-state index contributed by atoms with van der Waals surface area (Å²) in [4.78, 5) is 63.4. The van der Waals surface area contributed by atoms with Gasteiger partial charge in [0.25, 0.3) is 0 Å². The smallest absolute Gasteiger partial charge is 0.417 e. The molecule has 2 aliphatic rings. The van der Waals surface area contributed by atoms with Crippen LogP contribution in [0.15, 0.2) is 109 Å². The van der Waals surface area contributed by atoms with Gasteiger partial charge in [-0.1, -0.05) is 109 Å². The van der Waals surface area contributed by atoms with Crippen molar-refractivity contribution >= 4 is 30.0 Å². The van der Waals surface area contributed by atoms with Crippen molar-refractivity contribution in [2.45, 2.75) is 96.9 Å². The molecule has 10 nitrogen and oxygen atoms in total. The number of carbonyl (C=O) groups is 5. The number of hydrogen-bond acceptors (Lipinski definition) is 7. The average Bonchev–Trinajstić information content (AvgIpc) is 3.66. The lowest BCUT2D eigenvalue weighted by atomic mass is 9.97. The maximum atomic E-state index is 12.6. The number of likely N-dealkylation sites (tertiary alicyclic amines) is 2. The zero-order valence-corrected chi connectivity index (χ0v) is 32.4. The van der Waals surface area contributed by atoms with E-state index < -0.39 is 47.2 Å². The molecular weight excluding hydrogens is 697 g/mol. The fourth-order valence-electron chi connectivity index (χ4n) is 6.73. The summed E-state index contributed by atoms with van der Waals surface area (Å²) in [7, 11) is 0. The highest BCUT2D eigenvalue weighted by Gasteiger charge is 2.48. The van der Waals surface area contributed by atoms with Gasteiger partial charge in [0.15, 0.2) is 0 Å². The average molecular weight is 747 g/mol. The molecule has 2 fully saturated rings. The first-order valence-electron chi connectivity index (χ1n) is 18.6. The highest BCUT2D eigenvalue weighted by molar-refractivity contribution is 6.05. The summed E-state index contributed by atoms with van der Waals surface area (Å²) in [5, 5.41) is 9.36. The van der Waals surface area contributed by atoms with E-state index in [9.17, 15) is 29.1 Å². The van der Waals surface area contributed by atoms with E-state index in [4.69, 9.17) is 9.47 Å². The maximum absolute atomic E-state index is 12.6. The summed E-state index contributed by atoms with van der Waals surface area (Å²) < 4.78 is 10.7. The van der Waals surface area contributed by atoms with Crippen molar-refractivity contribution < 1.29 is 38.6 Å². The number of rotatable bonds is 7. The predicted molar refractivity (Wildman–Crippen MR) is 210 cm³/mol. The van der Waals surface area contributed by atoms with E-state index in [2.05, 4.69) is 36.4 Å². The Labute approximate surface area is 323 Å². The minimum atomic E-state index is -1.23. The Hall–Kier alpha value is -5.77. The molecule has 0 bridgehead atoms. The number of imide groups is 2. The van der Waals surface area contributed by atoms with Crippen LogP contribution in [0.3, 0.4) is 0 Å². The van der Waals surface area contributed by atoms with Gasteiger partial charge in [-0.15, -0.1) is 0 Å². The van der Waals surface area contributed by atoms with E-state index in [1.54, 1.807) is 20.8 Å². The van der Waals surface area contributed by atoms with E-state index in [0.29, 0.717) is 25.7 Å². The summed E-state index contributed by atoms with van der Waals surface area (Å²) in [6, 6.07) is 35.6. The monoisotopic (exact) mass is 746 g/mol. The third-order valence-electron chi connectivity index (χ3n) is 9.28. The van der Waals surface area contributed by atoms with Crippen molar-refractivity contribution in [1.29, 1.82) is 0 Å². The molecule has 10 heteroatoms. The first-order chi connectivity index (χ1) is 26.0. The predicted octanol–water partition coefficient (Wildman–Crippen LogP) is 8.96. The first kappa shape index (κ1) is 40.4. The molecule has 55 heavy (non-hydrogen) atoms. The summed E-state index contributed by atoms with van der Waals surface area (Å²) in [6.07, 6.45) is 0.852. The van der Waals surface area contributed by atoms with E-state index in [1.807, 2.05) is 93.6 Å². The number of hydrogen-bond donors (Lipinski definition) is 1. The summed E-state index contributed by atoms with van der Waals surface area (Å²) in [6.45, 7) is 10.5. The zero-order chi connectivity index (χ0) is 39.9. The van der Waals surface area contributed by atoms with Gasteiger partial charge < -0.3 is 14.6 Å². The van der Waals surface area contributed by atoms with Crippen LogP contribution in [0.4, 0.5) is 9.59 Å². The van der Waals surface area contributed by atoms with Crippen LogP contribution in [0.25, 0.3) is 22.3 Å². The Morgan fingerprint density at radius 2 is 1.00 bits per heavy atom. The van der Waals surface area contributed by atoms with Crippen molar-refractivity contribution in [3.8, 4) is 22.3 Å². The molecule has 3 atom stereocenters. The second-order valence-electron chi connectivity index (χ2n) is 15.9. The number of carboxylic acid groups (broad SMARTS) is 1. The molecule has 6 rings (SSSR count). The zero-order valence-electron chi connectivity index (χ0n) is 32.4. The Morgan fingerprint density at radius 1 is 0.600 bits per heavy atom. The van der Waals surface area contributed by atoms with Crippen LogP contribution in [0.2, 0.25) is 0 Å². The van der Waals surface area contributed by atoms with Gasteiger partial charge >= 0.3 is 18.2 Å². The van der Waals surface area contributed by atoms with Gasteiger partial charge in [-0.05, 0) is 101 Å². The Kier molecular flexibility index (Phi) is 12.6. The fourth-order valence-corrected chi connectivity index (χ4v) is 6.73. The lowest BCUT2D eigenvalue weighted by molar-refractivity contribution is -0.147. The lowest BCUT2D eigenvalue weighted by Gasteiger charge is -2.27. The van der Waals surface area contributed by atoms with Crippen molar-refractivity contribution in [3.63, 3.8) is 0 Å². The molecule has 1 N–H and O–H groups in total. The minimum Gasteiger partial charge on any atom is -0.481 e. The maximum Gasteiger partial charge on any atom is 0.417 e. The van der Waals surface area contributed by atoms with Crippen LogP contribution >= 0.6 is 0 Å². The first-order valence-corrected chi connectivity index (χ1v) is 18.6. The topological polar surface area (TPSA) is 131 Å². The van der Waals surface area contributed by atoms with Crippen molar-refractivity contribution in [3.05, 3.63) is 120 Å². The van der Waals surface area contributed by atoms with Gasteiger partial charge in [-0.25, -0.2) is 19.4 Å². The van der Waals surface area contributed by atoms with Gasteiger partial charge in [-0.3, -0.25) is 14.4 Å². The van der Waals surface area contributed by atoms with E-state index >= 15 is 0 Å². The SMILES string of the molecule is CC(C)(C)OC(=O)N1C(=O)C(C(=O)O)C[C@H]1Cc1ccc(-c2ccccc2)cc1.CC(C)(C)OC(=O)N1C(=O)CC[C@H]1Cc1ccc(-c2ccccc2)cc1. The molecule has 2 saturated heterocycles. The van der Waals surface area contributed by atoms with Crippen LogP contribution in [0.1, 0.15) is 71.9 Å². The normalized spacial score (nSPS) is 18.4. The molecular formula is C45H50N2O8. The minimum absolute atomic E-state index is 0.0772. The highest BCUT2D eigenvalue weighted by Crippen LogP contribution is 2.31. The number of amides is 4. The molecule has 0 aliphatic carbocycles. The molecule has 0 spiro atoms. The third-order valence-corrected chi connectivity index (χ3v) is 9.28. The number of benzene rings is 4. The van der Waals surface area contributed by atoms with Crippen LogP contribution in [0.5, 0.6) is 0 Å². The molecule has 2 heterocycles. The third kappa shape index (κ3) is 10.9. The summed E-state index contributed by atoms with van der Waals surface area (Å²) >= 11 is 0. The van der Waals surface area contributed by atoms with E-state index in [-0.39, 0.29) is 18.4 Å². The number of carboxylic acids is 1. The largest absolute Gasteiger partial charge is 0.481 e. The second-order valence-corrected chi connectivity index (χ2v) is 15.9. The molecule has 4 aromatic rings. The van der Waals surface area contributed by atoms with Crippen molar-refractivity contribution in [2.75, 3.05) is 0 Å². The molecule has 2 aliphatic heterocycles. The molecule has 4 aromatic carbocycles. The molecule has 0 radical (unpaired) electrons. The van der Waals surface area contributed by atoms with E-state index in [0.717, 1.165) is 32.7 Å². The summed E-state index contributed by atoms with van der Waals surface area (Å²) in [5.74, 6) is -3.30. The Bertz CT molecular complexity index is 1960. The molecule has 1 unspecified atom stereocenters. The van der Waals surface area contributed by atoms with E-state index in [1.165, 1.54) is 10.5 Å². The van der Waals surface area contributed by atoms with Crippen LogP contribution < -0.4 is 0 Å². The number of nitrogens with zero attached hydrogens (tertiary/aromatic N) is 2. The van der Waals surface area contributed by atoms with Crippen LogP contribution in [-0.2, 0) is 36.7 Å². The quantitative estimate of drug-likeness (QED) is 0.186. The molecule has 4 amide bonds. The number of ether oxygens (including phenoxy) is 2. The lowest BCUT2D eigenvalue weighted by Crippen LogP contribution is -2.44. The standard InChI is InChI=1S/C23H25NO5.C22H25NO3/c1-23(2,3)29-22(28)24-18(14-19(20(24)25)21(26)27)13-15-9-11-17(12-10-15)16-7-5-4-6-8-16;1-22(2,3)26-21(25)23-19(13-14-20(23)24)15-16-9-11-18(12-10-16)17-7-5-4-6-8-17/h4-12,18-19H,13-14H2,1-3H3,(H,26,27);4-12,19H,13-15H2,1-3H3/t18-,19?;19-/m10/s1. The van der Waals surface area contributed by atoms with Crippen LogP contribution in [0, 0.1) is 5.92 Å². The molecule has 0 saturated carbocycles. The summed E-state index contributed by atoms with van der Waals surface area (Å²) in [5.41, 5.74) is 5.12. The van der Waals surface area contributed by atoms with Crippen molar-refractivity contribution in [1.82, 2.24) is 9.80 Å². The fraction of sp³-hybridized carbons (Fsp3) is 0.356. The van der Waals surface area contributed by atoms with Gasteiger partial charge in [0.05, 0.1) is 0 Å². The number of carbonyl (C=O) groups excluding carboxylic acids is 4. The molecule has 288 valence electrons. The van der Waals surface area contributed by atoms with Gasteiger partial charge in [-0.2, -0.15) is 0 Å². The van der Waals surface area contributed by atoms with Gasteiger partial charge in [0.2, 0.25) is 11.8 Å². The van der Waals surface area contributed by atoms with Crippen LogP contribution in [-0.4, -0.2) is 68.2 Å². The Balaban J connectivity index is 0.000000212.